The summed E-state index contributed by atoms with van der Waals surface area (Å²) in [6.07, 6.45) is 20.7. The Balaban J connectivity index is 0. The van der Waals surface area contributed by atoms with Crippen molar-refractivity contribution in [2.45, 2.75) is 116 Å². The first-order valence-electron chi connectivity index (χ1n) is 12.4. The Labute approximate surface area is 196 Å². The molecule has 0 aromatic carbocycles. The summed E-state index contributed by atoms with van der Waals surface area (Å²) in [5, 5.41) is 0. The van der Waals surface area contributed by atoms with Crippen LogP contribution in [0.3, 0.4) is 0 Å². The molecule has 0 rings (SSSR count). The first-order valence-corrected chi connectivity index (χ1v) is 14.2. The molecule has 1 atom stereocenters. The fourth-order valence-corrected chi connectivity index (χ4v) is 7.50. The van der Waals surface area contributed by atoms with E-state index in [0.717, 1.165) is 17.4 Å². The van der Waals surface area contributed by atoms with Gasteiger partial charge in [0.15, 0.2) is 5.67 Å². The van der Waals surface area contributed by atoms with Gasteiger partial charge in [-0.05, 0) is 12.8 Å². The van der Waals surface area contributed by atoms with Crippen molar-refractivity contribution in [2.75, 3.05) is 42.0 Å². The maximum absolute atomic E-state index is 5.78. The summed E-state index contributed by atoms with van der Waals surface area (Å²) in [6.45, 7) is 5.66. The zero-order valence-electron chi connectivity index (χ0n) is 21.4. The van der Waals surface area contributed by atoms with Crippen LogP contribution in [0.5, 0.6) is 0 Å². The quantitative estimate of drug-likeness (QED) is 0.146. The van der Waals surface area contributed by atoms with Crippen molar-refractivity contribution < 1.29 is 30.2 Å². The maximum atomic E-state index is 5.78. The first kappa shape index (κ1) is 32.5. The standard InChI is InChI=1S/C24H54NO3Si.ClH/c1-8-10-11-12-13-14-15-16-17-18-19-20-21-22-23-25(3,4)24(9-2)29(26-5,27-6)28-7;/h24H,8-23H2,1-7H3;1H/q+1;/p-1. The largest absolute Gasteiger partial charge is 1.00 e. The lowest BCUT2D eigenvalue weighted by atomic mass is 10.0. The number of hydrogen-bond acceptors (Lipinski definition) is 3. The average molecular weight is 468 g/mol. The van der Waals surface area contributed by atoms with Crippen molar-refractivity contribution in [2.24, 2.45) is 0 Å². The molecule has 1 unspecified atom stereocenters. The second-order valence-electron chi connectivity index (χ2n) is 9.24. The van der Waals surface area contributed by atoms with E-state index in [-0.39, 0.29) is 18.1 Å². The van der Waals surface area contributed by atoms with Gasteiger partial charge in [-0.2, -0.15) is 0 Å². The summed E-state index contributed by atoms with van der Waals surface area (Å²) in [5.74, 6) is 0. The van der Waals surface area contributed by atoms with Crippen molar-refractivity contribution >= 4 is 8.80 Å². The first-order chi connectivity index (χ1) is 13.9. The lowest BCUT2D eigenvalue weighted by Gasteiger charge is -2.43. The molecule has 184 valence electrons. The van der Waals surface area contributed by atoms with E-state index in [1.54, 1.807) is 21.3 Å². The highest BCUT2D eigenvalue weighted by atomic mass is 35.5. The molecule has 6 heteroatoms. The molecule has 0 heterocycles. The maximum Gasteiger partial charge on any atom is 0.561 e. The van der Waals surface area contributed by atoms with Gasteiger partial charge >= 0.3 is 8.80 Å². The molecule has 0 aliphatic rings. The van der Waals surface area contributed by atoms with Crippen molar-refractivity contribution in [3.63, 3.8) is 0 Å². The molecule has 0 N–H and O–H groups in total. The van der Waals surface area contributed by atoms with Gasteiger partial charge in [-0.25, -0.2) is 0 Å². The highest BCUT2D eigenvalue weighted by Gasteiger charge is 2.55. The Morgan fingerprint density at radius 3 is 1.23 bits per heavy atom. The van der Waals surface area contributed by atoms with E-state index in [9.17, 15) is 0 Å². The van der Waals surface area contributed by atoms with E-state index < -0.39 is 8.80 Å². The number of unbranched alkanes of at least 4 members (excludes halogenated alkanes) is 13. The summed E-state index contributed by atoms with van der Waals surface area (Å²) in [4.78, 5) is 0. The van der Waals surface area contributed by atoms with Gasteiger partial charge in [0.2, 0.25) is 0 Å². The number of hydrogen-bond donors (Lipinski definition) is 0. The van der Waals surface area contributed by atoms with Crippen LogP contribution in [0.15, 0.2) is 0 Å². The SMILES string of the molecule is CCCCCCCCCCCCCCCC[N+](C)(C)C(CC)[Si](OC)(OC)OC.[Cl-]. The van der Waals surface area contributed by atoms with E-state index in [0.29, 0.717) is 0 Å². The monoisotopic (exact) mass is 467 g/mol. The summed E-state index contributed by atoms with van der Waals surface area (Å²) in [6, 6.07) is 0. The minimum atomic E-state index is -2.62. The van der Waals surface area contributed by atoms with Crippen LogP contribution in [0, 0.1) is 0 Å². The third-order valence-electron chi connectivity index (χ3n) is 6.58. The summed E-state index contributed by atoms with van der Waals surface area (Å²) in [7, 11) is 7.18. The Morgan fingerprint density at radius 2 is 0.933 bits per heavy atom. The Hall–Kier alpha value is 0.347. The third kappa shape index (κ3) is 13.0. The molecular weight excluding hydrogens is 414 g/mol. The Kier molecular flexibility index (Phi) is 21.7. The van der Waals surface area contributed by atoms with Crippen LogP contribution < -0.4 is 12.4 Å². The lowest BCUT2D eigenvalue weighted by molar-refractivity contribution is -0.906. The lowest BCUT2D eigenvalue weighted by Crippen LogP contribution is -3.00. The van der Waals surface area contributed by atoms with Crippen LogP contribution in [-0.4, -0.2) is 60.9 Å². The van der Waals surface area contributed by atoms with Crippen LogP contribution in [0.25, 0.3) is 0 Å². The predicted octanol–water partition coefficient (Wildman–Crippen LogP) is 3.74. The fraction of sp³-hybridized carbons (Fsp3) is 1.00. The number of halogens is 1. The molecule has 0 amide bonds. The van der Waals surface area contributed by atoms with Gasteiger partial charge in [0, 0.05) is 27.8 Å². The van der Waals surface area contributed by atoms with Crippen LogP contribution in [0.4, 0.5) is 0 Å². The Morgan fingerprint density at radius 1 is 0.600 bits per heavy atom. The van der Waals surface area contributed by atoms with Gasteiger partial charge in [-0.15, -0.1) is 0 Å². The molecule has 0 aromatic heterocycles. The molecule has 0 saturated carbocycles. The summed E-state index contributed by atoms with van der Waals surface area (Å²) < 4.78 is 18.2. The van der Waals surface area contributed by atoms with E-state index in [1.807, 2.05) is 0 Å². The van der Waals surface area contributed by atoms with E-state index in [2.05, 4.69) is 27.9 Å². The van der Waals surface area contributed by atoms with Crippen LogP contribution in [0.1, 0.15) is 110 Å². The zero-order valence-corrected chi connectivity index (χ0v) is 23.2. The van der Waals surface area contributed by atoms with E-state index in [1.165, 1.54) is 89.9 Å². The molecule has 0 aromatic rings. The molecule has 0 bridgehead atoms. The average Bonchev–Trinajstić information content (AvgIpc) is 2.72. The normalized spacial score (nSPS) is 13.3. The van der Waals surface area contributed by atoms with Crippen molar-refractivity contribution in [1.29, 1.82) is 0 Å². The van der Waals surface area contributed by atoms with Gasteiger partial charge in [-0.1, -0.05) is 90.9 Å². The van der Waals surface area contributed by atoms with Gasteiger partial charge < -0.3 is 30.2 Å². The van der Waals surface area contributed by atoms with Crippen molar-refractivity contribution in [1.82, 2.24) is 0 Å². The number of rotatable bonds is 21. The van der Waals surface area contributed by atoms with Crippen LogP contribution in [0.2, 0.25) is 0 Å². The summed E-state index contributed by atoms with van der Waals surface area (Å²) >= 11 is 0. The molecule has 4 nitrogen and oxygen atoms in total. The van der Waals surface area contributed by atoms with Gasteiger partial charge in [0.1, 0.15) is 0 Å². The Bertz CT molecular complexity index is 360. The van der Waals surface area contributed by atoms with E-state index >= 15 is 0 Å². The van der Waals surface area contributed by atoms with Gasteiger partial charge in [0.25, 0.3) is 0 Å². The van der Waals surface area contributed by atoms with Crippen molar-refractivity contribution in [3.05, 3.63) is 0 Å². The van der Waals surface area contributed by atoms with Crippen LogP contribution in [-0.2, 0) is 13.3 Å². The molecule has 0 aliphatic carbocycles. The molecule has 0 fully saturated rings. The summed E-state index contributed by atoms with van der Waals surface area (Å²) in [5.41, 5.74) is 0.282. The highest BCUT2D eigenvalue weighted by Crippen LogP contribution is 2.25. The predicted molar refractivity (Wildman–Crippen MR) is 128 cm³/mol. The van der Waals surface area contributed by atoms with Gasteiger partial charge in [0.05, 0.1) is 20.6 Å². The topological polar surface area (TPSA) is 27.7 Å². The van der Waals surface area contributed by atoms with E-state index in [4.69, 9.17) is 13.3 Å². The number of quaternary nitrogens is 1. The molecule has 30 heavy (non-hydrogen) atoms. The minimum Gasteiger partial charge on any atom is -1.00 e. The number of nitrogens with zero attached hydrogens (tertiary/aromatic N) is 1. The second kappa shape index (κ2) is 20.0. The molecule has 0 radical (unpaired) electrons. The highest BCUT2D eigenvalue weighted by molar-refractivity contribution is 6.62. The third-order valence-corrected chi connectivity index (χ3v) is 10.2. The van der Waals surface area contributed by atoms with Crippen LogP contribution >= 0.6 is 0 Å². The molecule has 0 aliphatic heterocycles. The second-order valence-corrected chi connectivity index (χ2v) is 12.3. The smallest absolute Gasteiger partial charge is 0.561 e. The molecule has 0 saturated heterocycles. The zero-order chi connectivity index (χ0) is 22.0. The van der Waals surface area contributed by atoms with Crippen molar-refractivity contribution in [3.8, 4) is 0 Å². The molecule has 0 spiro atoms. The fourth-order valence-electron chi connectivity index (χ4n) is 4.70. The minimum absolute atomic E-state index is 0. The van der Waals surface area contributed by atoms with Gasteiger partial charge in [-0.3, -0.25) is 0 Å². The molecular formula is C24H54ClNO3Si.